The van der Waals surface area contributed by atoms with E-state index in [0.29, 0.717) is 10.8 Å². The van der Waals surface area contributed by atoms with Crippen molar-refractivity contribution >= 4 is 11.8 Å². The molecule has 0 saturated heterocycles. The summed E-state index contributed by atoms with van der Waals surface area (Å²) in [4.78, 5) is 2.59. The molecule has 2 nitrogen and oxygen atoms in total. The molecule has 0 radical (unpaired) electrons. The van der Waals surface area contributed by atoms with Crippen LogP contribution in [0.3, 0.4) is 0 Å². The zero-order valence-corrected chi connectivity index (χ0v) is 23.8. The third-order valence-corrected chi connectivity index (χ3v) is 4.83. The van der Waals surface area contributed by atoms with Crippen LogP contribution in [0.2, 0.25) is 0 Å². The quantitative estimate of drug-likeness (QED) is 0.374. The number of allylic oxidation sites excluding steroid dienone is 2. The van der Waals surface area contributed by atoms with Crippen molar-refractivity contribution in [3.63, 3.8) is 0 Å². The molecular formula is C30H54N2. The van der Waals surface area contributed by atoms with Gasteiger partial charge in [0.05, 0.1) is 6.07 Å². The van der Waals surface area contributed by atoms with Gasteiger partial charge in [-0.2, -0.15) is 5.26 Å². The lowest BCUT2D eigenvalue weighted by atomic mass is 9.87. The minimum atomic E-state index is 0.322. The Labute approximate surface area is 202 Å². The van der Waals surface area contributed by atoms with Crippen LogP contribution >= 0.6 is 0 Å². The molecule has 0 aliphatic carbocycles. The molecule has 1 aromatic carbocycles. The van der Waals surface area contributed by atoms with Gasteiger partial charge < -0.3 is 4.90 Å². The number of hydrogen-bond acceptors (Lipinski definition) is 2. The predicted molar refractivity (Wildman–Crippen MR) is 149 cm³/mol. The van der Waals surface area contributed by atoms with Crippen molar-refractivity contribution in [2.45, 2.75) is 103 Å². The standard InChI is InChI=1S/C24H39N.C2H3N.2C2H6/c1-10-24(8,9)18-25(16-15-23(5,6)7)22-14-13-21(17-20(22)4)12-11-19(2)3;1-2-3;2*1-2/h11-14,17H,2,10,15-16,18H2,1,3-9H3;1H3;2*1-2H3/b12-11+;;;. The van der Waals surface area contributed by atoms with Gasteiger partial charge in [-0.1, -0.05) is 99.6 Å². The van der Waals surface area contributed by atoms with Crippen molar-refractivity contribution in [3.8, 4) is 6.07 Å². The van der Waals surface area contributed by atoms with Crippen molar-refractivity contribution in [3.05, 3.63) is 47.6 Å². The summed E-state index contributed by atoms with van der Waals surface area (Å²) in [5.41, 5.74) is 5.73. The lowest BCUT2D eigenvalue weighted by Gasteiger charge is -2.36. The second-order valence-corrected chi connectivity index (χ2v) is 9.70. The average molecular weight is 443 g/mol. The summed E-state index contributed by atoms with van der Waals surface area (Å²) in [5.74, 6) is 0. The second kappa shape index (κ2) is 18.6. The fourth-order valence-corrected chi connectivity index (χ4v) is 2.76. The first kappa shape index (κ1) is 34.6. The van der Waals surface area contributed by atoms with Gasteiger partial charge in [-0.25, -0.2) is 0 Å². The van der Waals surface area contributed by atoms with E-state index in [1.165, 1.54) is 36.6 Å². The first-order valence-electron chi connectivity index (χ1n) is 12.3. The highest BCUT2D eigenvalue weighted by Crippen LogP contribution is 2.30. The van der Waals surface area contributed by atoms with Gasteiger partial charge in [0, 0.05) is 25.7 Å². The van der Waals surface area contributed by atoms with Crippen LogP contribution in [-0.4, -0.2) is 13.1 Å². The Balaban J connectivity index is -0.00000108. The molecule has 0 spiro atoms. The van der Waals surface area contributed by atoms with Gasteiger partial charge in [0.2, 0.25) is 0 Å². The summed E-state index contributed by atoms with van der Waals surface area (Å²) in [6, 6.07) is 8.56. The maximum Gasteiger partial charge on any atom is 0.0587 e. The average Bonchev–Trinajstić information content (AvgIpc) is 2.73. The van der Waals surface area contributed by atoms with Crippen LogP contribution < -0.4 is 4.90 Å². The summed E-state index contributed by atoms with van der Waals surface area (Å²) < 4.78 is 0. The van der Waals surface area contributed by atoms with Crippen molar-refractivity contribution in [2.75, 3.05) is 18.0 Å². The molecule has 0 bridgehead atoms. The maximum atomic E-state index is 7.32. The largest absolute Gasteiger partial charge is 0.371 e. The first-order chi connectivity index (χ1) is 14.8. The Morgan fingerprint density at radius 1 is 1.09 bits per heavy atom. The molecule has 1 aromatic rings. The first-order valence-corrected chi connectivity index (χ1v) is 12.3. The summed E-state index contributed by atoms with van der Waals surface area (Å²) in [7, 11) is 0. The van der Waals surface area contributed by atoms with Gasteiger partial charge in [0.15, 0.2) is 0 Å². The molecule has 0 unspecified atom stereocenters. The van der Waals surface area contributed by atoms with Crippen LogP contribution in [0.5, 0.6) is 0 Å². The van der Waals surface area contributed by atoms with E-state index in [1.54, 1.807) is 6.07 Å². The van der Waals surface area contributed by atoms with E-state index in [-0.39, 0.29) is 0 Å². The zero-order chi connectivity index (χ0) is 26.0. The Kier molecular flexibility index (Phi) is 20.1. The van der Waals surface area contributed by atoms with Crippen molar-refractivity contribution in [1.82, 2.24) is 0 Å². The highest BCUT2D eigenvalue weighted by molar-refractivity contribution is 5.61. The molecule has 0 aromatic heterocycles. The van der Waals surface area contributed by atoms with E-state index in [1.807, 2.05) is 34.6 Å². The molecule has 0 aliphatic heterocycles. The van der Waals surface area contributed by atoms with Crippen LogP contribution in [0, 0.1) is 29.1 Å². The number of aryl methyl sites for hydroxylation is 1. The molecule has 2 heteroatoms. The van der Waals surface area contributed by atoms with E-state index < -0.39 is 0 Å². The minimum Gasteiger partial charge on any atom is -0.371 e. The zero-order valence-electron chi connectivity index (χ0n) is 23.8. The molecule has 1 rings (SSSR count). The Morgan fingerprint density at radius 2 is 1.59 bits per heavy atom. The van der Waals surface area contributed by atoms with E-state index >= 15 is 0 Å². The number of nitriles is 1. The van der Waals surface area contributed by atoms with Gasteiger partial charge in [-0.3, -0.25) is 0 Å². The monoisotopic (exact) mass is 442 g/mol. The molecule has 0 aliphatic rings. The van der Waals surface area contributed by atoms with Crippen LogP contribution in [0.15, 0.2) is 36.4 Å². The smallest absolute Gasteiger partial charge is 0.0587 e. The molecular weight excluding hydrogens is 388 g/mol. The molecule has 0 N–H and O–H groups in total. The Hall–Kier alpha value is -2.01. The van der Waals surface area contributed by atoms with Gasteiger partial charge in [0.25, 0.3) is 0 Å². The van der Waals surface area contributed by atoms with Gasteiger partial charge in [0.1, 0.15) is 0 Å². The van der Waals surface area contributed by atoms with Crippen molar-refractivity contribution in [1.29, 1.82) is 5.26 Å². The number of benzene rings is 1. The van der Waals surface area contributed by atoms with E-state index in [4.69, 9.17) is 5.26 Å². The molecule has 0 saturated carbocycles. The number of rotatable bonds is 8. The molecule has 0 fully saturated rings. The lowest BCUT2D eigenvalue weighted by Crippen LogP contribution is -2.36. The van der Waals surface area contributed by atoms with Gasteiger partial charge >= 0.3 is 0 Å². The topological polar surface area (TPSA) is 27.0 Å². The minimum absolute atomic E-state index is 0.322. The predicted octanol–water partition coefficient (Wildman–Crippen LogP) is 9.85. The summed E-state index contributed by atoms with van der Waals surface area (Å²) in [6.45, 7) is 33.9. The van der Waals surface area contributed by atoms with Gasteiger partial charge in [-0.15, -0.1) is 0 Å². The summed E-state index contributed by atoms with van der Waals surface area (Å²) in [6.07, 6.45) is 6.61. The van der Waals surface area contributed by atoms with Crippen LogP contribution in [-0.2, 0) is 0 Å². The molecule has 0 heterocycles. The third-order valence-electron chi connectivity index (χ3n) is 4.83. The third kappa shape index (κ3) is 17.6. The molecule has 184 valence electrons. The fourth-order valence-electron chi connectivity index (χ4n) is 2.76. The Morgan fingerprint density at radius 3 is 1.97 bits per heavy atom. The SMILES string of the molecule is C=C(C)/C=C/c1ccc(N(CCC(C)(C)C)CC(C)(C)CC)c(C)c1.CC.CC.CC#N. The molecule has 32 heavy (non-hydrogen) atoms. The normalized spacial score (nSPS) is 10.5. The lowest BCUT2D eigenvalue weighted by molar-refractivity contribution is 0.330. The van der Waals surface area contributed by atoms with Crippen LogP contribution in [0.25, 0.3) is 6.08 Å². The number of nitrogens with zero attached hydrogens (tertiary/aromatic N) is 2. The van der Waals surface area contributed by atoms with Crippen LogP contribution in [0.4, 0.5) is 5.69 Å². The second-order valence-electron chi connectivity index (χ2n) is 9.70. The number of hydrogen-bond donors (Lipinski definition) is 0. The Bertz CT molecular complexity index is 682. The van der Waals surface area contributed by atoms with E-state index in [0.717, 1.165) is 18.7 Å². The molecule has 0 amide bonds. The van der Waals surface area contributed by atoms with E-state index in [2.05, 4.69) is 90.3 Å². The van der Waals surface area contributed by atoms with Crippen LogP contribution in [0.1, 0.15) is 107 Å². The van der Waals surface area contributed by atoms with Crippen molar-refractivity contribution < 1.29 is 0 Å². The highest BCUT2D eigenvalue weighted by atomic mass is 15.1. The molecule has 0 atom stereocenters. The maximum absolute atomic E-state index is 7.32. The van der Waals surface area contributed by atoms with Crippen molar-refractivity contribution in [2.24, 2.45) is 10.8 Å². The van der Waals surface area contributed by atoms with Gasteiger partial charge in [-0.05, 0) is 60.8 Å². The highest BCUT2D eigenvalue weighted by Gasteiger charge is 2.22. The van der Waals surface area contributed by atoms with E-state index in [9.17, 15) is 0 Å². The summed E-state index contributed by atoms with van der Waals surface area (Å²) in [5, 5.41) is 7.32. The number of anilines is 1. The summed E-state index contributed by atoms with van der Waals surface area (Å²) >= 11 is 0. The fraction of sp³-hybridized carbons (Fsp3) is 0.633.